The van der Waals surface area contributed by atoms with Gasteiger partial charge in [-0.3, -0.25) is 0 Å². The fourth-order valence-electron chi connectivity index (χ4n) is 1.66. The Kier molecular flexibility index (Phi) is 9.28. The van der Waals surface area contributed by atoms with Crippen LogP contribution in [0.15, 0.2) is 12.1 Å². The third-order valence-corrected chi connectivity index (χ3v) is 5.83. The largest absolute Gasteiger partial charge is 0.204 e. The molecule has 0 unspecified atom stereocenters. The van der Waals surface area contributed by atoms with Gasteiger partial charge in [-0.05, 0) is 45.2 Å². The monoisotopic (exact) mass is 850 g/mol. The first kappa shape index (κ1) is 23.0. The fourth-order valence-corrected chi connectivity index (χ4v) is 4.28. The molecule has 2 aromatic carbocycles. The smallest absolute Gasteiger partial charge is 0.175 e. The van der Waals surface area contributed by atoms with Crippen molar-refractivity contribution in [3.8, 4) is 0 Å². The Morgan fingerprint density at radius 2 is 1.00 bits per heavy atom. The minimum absolute atomic E-state index is 0.194. The number of hydrogen-bond donors (Lipinski definition) is 0. The first-order valence-corrected chi connectivity index (χ1v) is 16.0. The van der Waals surface area contributed by atoms with Crippen LogP contribution in [0.3, 0.4) is 0 Å². The summed E-state index contributed by atoms with van der Waals surface area (Å²) in [6.45, 7) is 0. The van der Waals surface area contributed by atoms with Gasteiger partial charge in [-0.15, -0.1) is 0 Å². The molecule has 4 aromatic rings. The highest BCUT2D eigenvalue weighted by molar-refractivity contribution is 15.0. The van der Waals surface area contributed by atoms with E-state index in [1.165, 1.54) is 0 Å². The molecule has 138 valence electrons. The van der Waals surface area contributed by atoms with E-state index in [-0.39, 0.29) is 7.14 Å². The summed E-state index contributed by atoms with van der Waals surface area (Å²) >= 11 is 9.59. The van der Waals surface area contributed by atoms with Crippen molar-refractivity contribution < 1.29 is 17.6 Å². The SMILES string of the molecule is Fc1c(F)c(I)c2nsnc2c1I.Fc1cc2nsnc2cc1F.II. The molecule has 2 aromatic heterocycles. The first-order valence-electron chi connectivity index (χ1n) is 6.06. The van der Waals surface area contributed by atoms with Gasteiger partial charge in [-0.25, -0.2) is 17.6 Å². The van der Waals surface area contributed by atoms with E-state index >= 15 is 0 Å². The van der Waals surface area contributed by atoms with E-state index in [1.807, 2.05) is 0 Å². The lowest BCUT2D eigenvalue weighted by Gasteiger charge is -1.99. The van der Waals surface area contributed by atoms with E-state index in [1.54, 1.807) is 45.2 Å². The summed E-state index contributed by atoms with van der Waals surface area (Å²) < 4.78 is 66.9. The topological polar surface area (TPSA) is 51.6 Å². The van der Waals surface area contributed by atoms with Crippen molar-refractivity contribution in [3.63, 3.8) is 0 Å². The van der Waals surface area contributed by atoms with Gasteiger partial charge in [0, 0.05) is 49.4 Å². The Bertz CT molecular complexity index is 981. The van der Waals surface area contributed by atoms with E-state index in [0.29, 0.717) is 22.1 Å². The standard InChI is InChI=1S/C6F2I2N2S.C6H2F2N2S.I2/c7-1-2(8)4(10)6-5(3(1)9)11-13-12-6;7-3-1-5-6(2-4(3)8)10-11-9-5;1-2/h;1-2H;. The first-order chi connectivity index (χ1) is 12.4. The fraction of sp³-hybridized carbons (Fsp3) is 0. The van der Waals surface area contributed by atoms with Crippen LogP contribution < -0.4 is 0 Å². The molecule has 0 aliphatic rings. The maximum absolute atomic E-state index is 13.1. The molecule has 0 bridgehead atoms. The van der Waals surface area contributed by atoms with Crippen LogP contribution in [0.4, 0.5) is 17.6 Å². The molecule has 0 saturated carbocycles. The van der Waals surface area contributed by atoms with Crippen LogP contribution in [-0.4, -0.2) is 17.5 Å². The number of benzene rings is 2. The molecule has 0 fully saturated rings. The Morgan fingerprint density at radius 1 is 0.654 bits per heavy atom. The van der Waals surface area contributed by atoms with Gasteiger partial charge in [0.25, 0.3) is 0 Å². The van der Waals surface area contributed by atoms with Crippen LogP contribution in [0.5, 0.6) is 0 Å². The van der Waals surface area contributed by atoms with Crippen LogP contribution in [-0.2, 0) is 0 Å². The lowest BCUT2D eigenvalue weighted by molar-refractivity contribution is 0.501. The van der Waals surface area contributed by atoms with E-state index < -0.39 is 23.3 Å². The van der Waals surface area contributed by atoms with Gasteiger partial charge in [0.1, 0.15) is 22.1 Å². The third-order valence-electron chi connectivity index (χ3n) is 2.78. The summed E-state index contributed by atoms with van der Waals surface area (Å²) in [6.07, 6.45) is 0. The minimum atomic E-state index is -0.884. The lowest BCUT2D eigenvalue weighted by Crippen LogP contribution is -1.95. The highest BCUT2D eigenvalue weighted by Gasteiger charge is 2.19. The predicted molar refractivity (Wildman–Crippen MR) is 128 cm³/mol. The molecule has 0 saturated heterocycles. The lowest BCUT2D eigenvalue weighted by atomic mass is 10.3. The number of rotatable bonds is 0. The Balaban J connectivity index is 0.000000173. The van der Waals surface area contributed by atoms with Crippen LogP contribution in [0.25, 0.3) is 22.1 Å². The maximum Gasteiger partial charge on any atom is 0.175 e. The second-order valence-electron chi connectivity index (χ2n) is 4.24. The van der Waals surface area contributed by atoms with Gasteiger partial charge in [-0.1, -0.05) is 0 Å². The molecule has 0 aliphatic carbocycles. The second-order valence-corrected chi connectivity index (χ2v) is 7.45. The summed E-state index contributed by atoms with van der Waals surface area (Å²) in [6, 6.07) is 2.07. The zero-order valence-corrected chi connectivity index (χ0v) is 22.0. The van der Waals surface area contributed by atoms with Crippen molar-refractivity contribution in [2.45, 2.75) is 0 Å². The maximum atomic E-state index is 13.1. The molecule has 0 aliphatic heterocycles. The molecule has 4 rings (SSSR count). The molecule has 2 heterocycles. The van der Waals surface area contributed by atoms with E-state index in [9.17, 15) is 17.6 Å². The van der Waals surface area contributed by atoms with E-state index in [0.717, 1.165) is 35.6 Å². The Labute approximate surface area is 202 Å². The molecule has 14 heteroatoms. The third kappa shape index (κ3) is 5.00. The molecular weight excluding hydrogens is 848 g/mol. The average Bonchev–Trinajstić information content (AvgIpc) is 3.30. The van der Waals surface area contributed by atoms with Crippen molar-refractivity contribution >= 4 is 128 Å². The molecule has 0 spiro atoms. The molecule has 26 heavy (non-hydrogen) atoms. The van der Waals surface area contributed by atoms with E-state index in [2.05, 4.69) is 54.7 Å². The Morgan fingerprint density at radius 3 is 1.38 bits per heavy atom. The van der Waals surface area contributed by atoms with Gasteiger partial charge in [0.05, 0.1) is 30.6 Å². The van der Waals surface area contributed by atoms with Gasteiger partial charge >= 0.3 is 0 Å². The quantitative estimate of drug-likeness (QED) is 0.0836. The van der Waals surface area contributed by atoms with Crippen molar-refractivity contribution in [2.24, 2.45) is 0 Å². The molecule has 4 nitrogen and oxygen atoms in total. The van der Waals surface area contributed by atoms with Gasteiger partial charge in [-0.2, -0.15) is 17.5 Å². The van der Waals surface area contributed by atoms with Crippen LogP contribution in [0.1, 0.15) is 0 Å². The highest BCUT2D eigenvalue weighted by Crippen LogP contribution is 2.29. The number of aromatic nitrogens is 4. The number of halogens is 8. The number of hydrogen-bond acceptors (Lipinski definition) is 6. The summed E-state index contributed by atoms with van der Waals surface area (Å²) in [4.78, 5) is 0. The van der Waals surface area contributed by atoms with Gasteiger partial charge in [0.15, 0.2) is 23.3 Å². The normalized spacial score (nSPS) is 10.3. The van der Waals surface area contributed by atoms with Crippen molar-refractivity contribution in [1.82, 2.24) is 17.5 Å². The van der Waals surface area contributed by atoms with Crippen molar-refractivity contribution in [1.29, 1.82) is 0 Å². The highest BCUT2D eigenvalue weighted by atomic mass is 128. The number of fused-ring (bicyclic) bond motifs is 2. The van der Waals surface area contributed by atoms with Crippen LogP contribution >= 0.6 is 106 Å². The Hall–Kier alpha value is 0.720. The second kappa shape index (κ2) is 10.5. The van der Waals surface area contributed by atoms with Crippen LogP contribution in [0.2, 0.25) is 0 Å². The molecule has 0 atom stereocenters. The molecule has 0 radical (unpaired) electrons. The zero-order valence-electron chi connectivity index (χ0n) is 11.8. The van der Waals surface area contributed by atoms with Crippen LogP contribution in [0, 0.1) is 30.4 Å². The summed E-state index contributed by atoms with van der Waals surface area (Å²) in [5, 5.41) is 0. The summed E-state index contributed by atoms with van der Waals surface area (Å²) in [5.41, 5.74) is 1.67. The minimum Gasteiger partial charge on any atom is -0.204 e. The summed E-state index contributed by atoms with van der Waals surface area (Å²) in [7, 11) is 0. The molecular formula is C12H2F4I4N4S2. The molecule has 0 N–H and O–H groups in total. The van der Waals surface area contributed by atoms with Crippen molar-refractivity contribution in [3.05, 3.63) is 42.5 Å². The average molecular weight is 850 g/mol. The van der Waals surface area contributed by atoms with Gasteiger partial charge < -0.3 is 0 Å². The summed E-state index contributed by atoms with van der Waals surface area (Å²) in [5.74, 6) is -3.45. The number of nitrogens with zero attached hydrogens (tertiary/aromatic N) is 4. The predicted octanol–water partition coefficient (Wildman–Crippen LogP) is 6.92. The van der Waals surface area contributed by atoms with Gasteiger partial charge in [0.2, 0.25) is 0 Å². The van der Waals surface area contributed by atoms with Crippen molar-refractivity contribution in [2.75, 3.05) is 0 Å². The molecule has 0 amide bonds. The van der Waals surface area contributed by atoms with E-state index in [4.69, 9.17) is 0 Å². The zero-order chi connectivity index (χ0) is 19.4.